The van der Waals surface area contributed by atoms with Crippen LogP contribution >= 0.6 is 11.3 Å². The molecule has 1 aromatic carbocycles. The molecule has 0 bridgehead atoms. The Balaban J connectivity index is 1.51. The summed E-state index contributed by atoms with van der Waals surface area (Å²) < 4.78 is 24.3. The molecule has 0 aliphatic carbocycles. The van der Waals surface area contributed by atoms with Gasteiger partial charge in [0, 0.05) is 18.7 Å². The molecule has 5 rings (SSSR count). The number of hydrogen-bond acceptors (Lipinski definition) is 8. The first-order valence-electron chi connectivity index (χ1n) is 8.45. The molecular weight excluding hydrogens is 369 g/mol. The highest BCUT2D eigenvalue weighted by molar-refractivity contribution is 7.21. The summed E-state index contributed by atoms with van der Waals surface area (Å²) in [4.78, 5) is 12.7. The molecule has 1 saturated heterocycles. The molecule has 1 fully saturated rings. The van der Waals surface area contributed by atoms with Crippen LogP contribution in [0, 0.1) is 5.82 Å². The normalized spacial score (nSPS) is 14.8. The van der Waals surface area contributed by atoms with Gasteiger partial charge in [-0.15, -0.1) is 21.5 Å². The molecule has 3 aromatic heterocycles. The molecule has 9 heteroatoms. The number of benzene rings is 1. The van der Waals surface area contributed by atoms with Crippen molar-refractivity contribution in [1.82, 2.24) is 20.2 Å². The fraction of sp³-hybridized carbons (Fsp3) is 0.222. The summed E-state index contributed by atoms with van der Waals surface area (Å²) in [5, 5.41) is 9.18. The van der Waals surface area contributed by atoms with E-state index in [0.29, 0.717) is 30.6 Å². The van der Waals surface area contributed by atoms with Gasteiger partial charge in [-0.05, 0) is 30.3 Å². The van der Waals surface area contributed by atoms with E-state index in [0.717, 1.165) is 34.0 Å². The largest absolute Gasteiger partial charge is 0.415 e. The lowest BCUT2D eigenvalue weighted by Crippen LogP contribution is -2.36. The molecule has 1 aliphatic rings. The summed E-state index contributed by atoms with van der Waals surface area (Å²) in [5.41, 5.74) is 0.671. The predicted molar refractivity (Wildman–Crippen MR) is 99.1 cm³/mol. The molecule has 0 spiro atoms. The summed E-state index contributed by atoms with van der Waals surface area (Å²) in [6.45, 7) is 2.97. The van der Waals surface area contributed by atoms with Gasteiger partial charge in [-0.25, -0.2) is 14.4 Å². The minimum Gasteiger partial charge on any atom is -0.415 e. The maximum Gasteiger partial charge on any atom is 0.258 e. The predicted octanol–water partition coefficient (Wildman–Crippen LogP) is 3.38. The second-order valence-corrected chi connectivity index (χ2v) is 7.08. The van der Waals surface area contributed by atoms with Crippen LogP contribution < -0.4 is 4.90 Å². The van der Waals surface area contributed by atoms with Gasteiger partial charge in [0.2, 0.25) is 5.89 Å². The standard InChI is InChI=1S/C18H14FN5O2S/c19-12-3-1-11(2-4-12)16-22-23-17(26-16)14-9-13-15(20-10-21-18(13)27-14)24-5-7-25-8-6-24/h1-4,9-10H,5-8H2. The average Bonchev–Trinajstić information content (AvgIpc) is 3.36. The maximum atomic E-state index is 13.1. The molecule has 1 aliphatic heterocycles. The van der Waals surface area contributed by atoms with E-state index in [4.69, 9.17) is 9.15 Å². The van der Waals surface area contributed by atoms with E-state index >= 15 is 0 Å². The van der Waals surface area contributed by atoms with Crippen molar-refractivity contribution < 1.29 is 13.5 Å². The first-order chi connectivity index (χ1) is 13.3. The van der Waals surface area contributed by atoms with Crippen LogP contribution in [0.2, 0.25) is 0 Å². The quantitative estimate of drug-likeness (QED) is 0.537. The number of morpholine rings is 1. The van der Waals surface area contributed by atoms with Crippen LogP contribution in [0.3, 0.4) is 0 Å². The van der Waals surface area contributed by atoms with Crippen LogP contribution in [-0.2, 0) is 4.74 Å². The Kier molecular flexibility index (Phi) is 4.02. The summed E-state index contributed by atoms with van der Waals surface area (Å²) in [6.07, 6.45) is 1.57. The third-order valence-corrected chi connectivity index (χ3v) is 5.38. The van der Waals surface area contributed by atoms with Gasteiger partial charge in [0.05, 0.1) is 23.5 Å². The summed E-state index contributed by atoms with van der Waals surface area (Å²) in [5.74, 6) is 1.34. The van der Waals surface area contributed by atoms with Crippen LogP contribution in [0.5, 0.6) is 0 Å². The van der Waals surface area contributed by atoms with Crippen molar-refractivity contribution in [2.24, 2.45) is 0 Å². The molecular formula is C18H14FN5O2S. The van der Waals surface area contributed by atoms with Crippen LogP contribution in [0.15, 0.2) is 41.1 Å². The van der Waals surface area contributed by atoms with Gasteiger partial charge in [-0.3, -0.25) is 0 Å². The first kappa shape index (κ1) is 16.3. The Bertz CT molecular complexity index is 1090. The summed E-state index contributed by atoms with van der Waals surface area (Å²) in [7, 11) is 0. The average molecular weight is 383 g/mol. The fourth-order valence-electron chi connectivity index (χ4n) is 3.01. The first-order valence-corrected chi connectivity index (χ1v) is 9.26. The highest BCUT2D eigenvalue weighted by atomic mass is 32.1. The number of hydrogen-bond donors (Lipinski definition) is 0. The van der Waals surface area contributed by atoms with Crippen LogP contribution in [0.4, 0.5) is 10.2 Å². The number of anilines is 1. The Labute approximate surface area is 157 Å². The Morgan fingerprint density at radius 2 is 1.78 bits per heavy atom. The monoisotopic (exact) mass is 383 g/mol. The highest BCUT2D eigenvalue weighted by Gasteiger charge is 2.20. The van der Waals surface area contributed by atoms with E-state index in [1.165, 1.54) is 23.5 Å². The Morgan fingerprint density at radius 1 is 1.00 bits per heavy atom. The number of nitrogens with zero attached hydrogens (tertiary/aromatic N) is 5. The molecule has 4 aromatic rings. The van der Waals surface area contributed by atoms with Gasteiger partial charge in [-0.1, -0.05) is 0 Å². The molecule has 7 nitrogen and oxygen atoms in total. The number of fused-ring (bicyclic) bond motifs is 1. The van der Waals surface area contributed by atoms with Crippen LogP contribution in [0.25, 0.3) is 32.4 Å². The van der Waals surface area contributed by atoms with E-state index in [-0.39, 0.29) is 5.82 Å². The van der Waals surface area contributed by atoms with Crippen molar-refractivity contribution in [2.45, 2.75) is 0 Å². The summed E-state index contributed by atoms with van der Waals surface area (Å²) in [6, 6.07) is 7.93. The molecule has 0 saturated carbocycles. The van der Waals surface area contributed by atoms with Gasteiger partial charge in [0.25, 0.3) is 5.89 Å². The van der Waals surface area contributed by atoms with E-state index in [1.54, 1.807) is 18.5 Å². The lowest BCUT2D eigenvalue weighted by molar-refractivity contribution is 0.122. The summed E-state index contributed by atoms with van der Waals surface area (Å²) >= 11 is 1.47. The molecule has 0 N–H and O–H groups in total. The number of aromatic nitrogens is 4. The van der Waals surface area contributed by atoms with Gasteiger partial charge < -0.3 is 14.1 Å². The lowest BCUT2D eigenvalue weighted by atomic mass is 10.2. The van der Waals surface area contributed by atoms with Crippen LogP contribution in [0.1, 0.15) is 0 Å². The number of thiophene rings is 1. The lowest BCUT2D eigenvalue weighted by Gasteiger charge is -2.28. The second kappa shape index (κ2) is 6.67. The van der Waals surface area contributed by atoms with Crippen molar-refractivity contribution in [3.8, 4) is 22.2 Å². The molecule has 4 heterocycles. The van der Waals surface area contributed by atoms with E-state index < -0.39 is 0 Å². The number of halogens is 1. The zero-order chi connectivity index (χ0) is 18.2. The van der Waals surface area contributed by atoms with Gasteiger partial charge in [0.1, 0.15) is 22.8 Å². The Hall–Kier alpha value is -2.91. The van der Waals surface area contributed by atoms with Crippen molar-refractivity contribution in [1.29, 1.82) is 0 Å². The van der Waals surface area contributed by atoms with Crippen molar-refractivity contribution in [3.05, 3.63) is 42.5 Å². The molecule has 0 radical (unpaired) electrons. The van der Waals surface area contributed by atoms with Crippen molar-refractivity contribution >= 4 is 27.4 Å². The smallest absolute Gasteiger partial charge is 0.258 e. The SMILES string of the molecule is Fc1ccc(-c2nnc(-c3cc4c(N5CCOCC5)ncnc4s3)o2)cc1. The topological polar surface area (TPSA) is 77.2 Å². The third-order valence-electron chi connectivity index (χ3n) is 4.35. The highest BCUT2D eigenvalue weighted by Crippen LogP contribution is 2.36. The molecule has 136 valence electrons. The zero-order valence-electron chi connectivity index (χ0n) is 14.1. The fourth-order valence-corrected chi connectivity index (χ4v) is 3.92. The van der Waals surface area contributed by atoms with E-state index in [1.807, 2.05) is 6.07 Å². The maximum absolute atomic E-state index is 13.1. The van der Waals surface area contributed by atoms with Gasteiger partial charge in [-0.2, -0.15) is 0 Å². The van der Waals surface area contributed by atoms with Crippen molar-refractivity contribution in [2.75, 3.05) is 31.2 Å². The minimum absolute atomic E-state index is 0.308. The Morgan fingerprint density at radius 3 is 2.59 bits per heavy atom. The van der Waals surface area contributed by atoms with E-state index in [2.05, 4.69) is 25.1 Å². The van der Waals surface area contributed by atoms with Crippen LogP contribution in [-0.4, -0.2) is 46.5 Å². The van der Waals surface area contributed by atoms with Gasteiger partial charge >= 0.3 is 0 Å². The third kappa shape index (κ3) is 3.04. The van der Waals surface area contributed by atoms with E-state index in [9.17, 15) is 4.39 Å². The zero-order valence-corrected chi connectivity index (χ0v) is 14.9. The number of rotatable bonds is 3. The number of ether oxygens (including phenoxy) is 1. The second-order valence-electron chi connectivity index (χ2n) is 6.05. The van der Waals surface area contributed by atoms with Gasteiger partial charge in [0.15, 0.2) is 0 Å². The molecule has 0 amide bonds. The molecule has 27 heavy (non-hydrogen) atoms. The molecule has 0 unspecified atom stereocenters. The van der Waals surface area contributed by atoms with Crippen molar-refractivity contribution in [3.63, 3.8) is 0 Å². The minimum atomic E-state index is -0.308. The molecule has 0 atom stereocenters.